The van der Waals surface area contributed by atoms with E-state index >= 15 is 0 Å². The number of hydrogen-bond acceptors (Lipinski definition) is 2. The zero-order valence-electron chi connectivity index (χ0n) is 17.1. The lowest BCUT2D eigenvalue weighted by Crippen LogP contribution is -2.19. The van der Waals surface area contributed by atoms with Crippen molar-refractivity contribution < 1.29 is 12.8 Å². The second-order valence-corrected chi connectivity index (χ2v) is 9.77. The lowest BCUT2D eigenvalue weighted by Gasteiger charge is -2.20. The molecular weight excluding hydrogens is 409 g/mol. The quantitative estimate of drug-likeness (QED) is 0.376. The minimum atomic E-state index is -3.85. The first kappa shape index (κ1) is 19.8. The number of aromatic nitrogens is 1. The van der Waals surface area contributed by atoms with Crippen molar-refractivity contribution in [1.82, 2.24) is 3.97 Å². The van der Waals surface area contributed by atoms with E-state index in [2.05, 4.69) is 12.2 Å². The van der Waals surface area contributed by atoms with Crippen LogP contribution in [-0.2, 0) is 16.4 Å². The predicted octanol–water partition coefficient (Wildman–Crippen LogP) is 5.96. The number of para-hydroxylation sites is 1. The molecular formula is C26H22FNO2S. The maximum atomic E-state index is 14.1. The van der Waals surface area contributed by atoms with E-state index in [1.807, 2.05) is 49.4 Å². The number of rotatable bonds is 3. The zero-order valence-corrected chi connectivity index (χ0v) is 17.9. The van der Waals surface area contributed by atoms with Crippen molar-refractivity contribution in [2.45, 2.75) is 30.6 Å². The highest BCUT2D eigenvalue weighted by Gasteiger charge is 2.32. The van der Waals surface area contributed by atoms with Crippen molar-refractivity contribution in [3.05, 3.63) is 113 Å². The fraction of sp³-hybridized carbons (Fsp3) is 0.154. The molecule has 1 unspecified atom stereocenters. The Morgan fingerprint density at radius 3 is 2.48 bits per heavy atom. The van der Waals surface area contributed by atoms with Gasteiger partial charge >= 0.3 is 0 Å². The van der Waals surface area contributed by atoms with Crippen molar-refractivity contribution >= 4 is 20.9 Å². The van der Waals surface area contributed by atoms with Crippen molar-refractivity contribution in [2.24, 2.45) is 0 Å². The Hall–Kier alpha value is -3.18. The molecule has 0 radical (unpaired) electrons. The molecule has 1 aromatic heterocycles. The summed E-state index contributed by atoms with van der Waals surface area (Å²) in [6, 6.07) is 21.0. The van der Waals surface area contributed by atoms with Crippen molar-refractivity contribution in [3.8, 4) is 0 Å². The Bertz CT molecular complexity index is 1420. The topological polar surface area (TPSA) is 39.1 Å². The first-order valence-electron chi connectivity index (χ1n) is 10.3. The maximum absolute atomic E-state index is 14.1. The van der Waals surface area contributed by atoms with Crippen LogP contribution in [0.15, 0.2) is 89.8 Å². The van der Waals surface area contributed by atoms with Crippen LogP contribution in [-0.4, -0.2) is 12.4 Å². The molecule has 0 saturated heterocycles. The fourth-order valence-electron chi connectivity index (χ4n) is 4.50. The molecule has 1 atom stereocenters. The lowest BCUT2D eigenvalue weighted by molar-refractivity contribution is 0.584. The van der Waals surface area contributed by atoms with Crippen LogP contribution in [0.4, 0.5) is 4.39 Å². The smallest absolute Gasteiger partial charge is 0.237 e. The highest BCUT2D eigenvalue weighted by Crippen LogP contribution is 2.41. The summed E-state index contributed by atoms with van der Waals surface area (Å²) in [5.41, 5.74) is 4.13. The largest absolute Gasteiger partial charge is 0.268 e. The number of aryl methyl sites for hydroxylation is 1. The van der Waals surface area contributed by atoms with Crippen LogP contribution in [0, 0.1) is 12.7 Å². The zero-order chi connectivity index (χ0) is 21.6. The number of hydrogen-bond donors (Lipinski definition) is 0. The van der Waals surface area contributed by atoms with E-state index in [9.17, 15) is 12.8 Å². The molecule has 1 heterocycles. The Morgan fingerprint density at radius 1 is 0.935 bits per heavy atom. The molecule has 0 bridgehead atoms. The van der Waals surface area contributed by atoms with Gasteiger partial charge in [-0.05, 0) is 61.2 Å². The van der Waals surface area contributed by atoms with Gasteiger partial charge in [0.25, 0.3) is 10.0 Å². The molecule has 0 saturated carbocycles. The average Bonchev–Trinajstić information content (AvgIpc) is 2.93. The molecule has 1 aliphatic carbocycles. The van der Waals surface area contributed by atoms with E-state index in [1.165, 1.54) is 16.1 Å². The summed E-state index contributed by atoms with van der Waals surface area (Å²) in [4.78, 5) is 0.247. The summed E-state index contributed by atoms with van der Waals surface area (Å²) in [5, 5.41) is 0.918. The first-order chi connectivity index (χ1) is 15.0. The molecule has 0 amide bonds. The van der Waals surface area contributed by atoms with Crippen LogP contribution in [0.3, 0.4) is 0 Å². The van der Waals surface area contributed by atoms with Gasteiger partial charge in [0.2, 0.25) is 0 Å². The molecule has 31 heavy (non-hydrogen) atoms. The Balaban J connectivity index is 1.85. The van der Waals surface area contributed by atoms with Crippen molar-refractivity contribution in [2.75, 3.05) is 0 Å². The van der Waals surface area contributed by atoms with Crippen LogP contribution >= 0.6 is 0 Å². The summed E-state index contributed by atoms with van der Waals surface area (Å²) in [7, 11) is -3.85. The lowest BCUT2D eigenvalue weighted by atomic mass is 9.91. The normalized spacial score (nSPS) is 16.3. The Morgan fingerprint density at radius 2 is 1.71 bits per heavy atom. The van der Waals surface area contributed by atoms with Gasteiger partial charge in [-0.1, -0.05) is 60.2 Å². The van der Waals surface area contributed by atoms with Crippen LogP contribution < -0.4 is 0 Å². The summed E-state index contributed by atoms with van der Waals surface area (Å²) in [6.07, 6.45) is 5.38. The summed E-state index contributed by atoms with van der Waals surface area (Å²) >= 11 is 0. The molecule has 4 aromatic rings. The standard InChI is InChI=1S/C26H22FNO2S/c1-18-13-15-21(16-14-18)31(29,30)28-25-12-5-4-10-23(25)24-11-3-2-9-22(26(24)28)19-7-6-8-20(27)17-19/h2-8,10,12-17,22H,9,11H2,1H3. The number of fused-ring (bicyclic) bond motifs is 3. The minimum absolute atomic E-state index is 0.247. The molecule has 1 aliphatic rings. The van der Waals surface area contributed by atoms with Crippen LogP contribution in [0.1, 0.15) is 34.7 Å². The van der Waals surface area contributed by atoms with Gasteiger partial charge in [-0.2, -0.15) is 0 Å². The minimum Gasteiger partial charge on any atom is -0.237 e. The first-order valence-corrected chi connectivity index (χ1v) is 11.8. The SMILES string of the molecule is Cc1ccc(S(=O)(=O)n2c3c(c4ccccc42)CC=CCC3c2cccc(F)c2)cc1. The molecule has 0 fully saturated rings. The number of nitrogens with zero attached hydrogens (tertiary/aromatic N) is 1. The molecule has 3 aromatic carbocycles. The Kier molecular flexibility index (Phi) is 4.78. The van der Waals surface area contributed by atoms with Gasteiger partial charge in [0.1, 0.15) is 5.82 Å². The third-order valence-corrected chi connectivity index (χ3v) is 7.72. The van der Waals surface area contributed by atoms with Crippen molar-refractivity contribution in [3.63, 3.8) is 0 Å². The van der Waals surface area contributed by atoms with Gasteiger partial charge in [0, 0.05) is 17.0 Å². The molecule has 156 valence electrons. The van der Waals surface area contributed by atoms with Crippen LogP contribution in [0.5, 0.6) is 0 Å². The third-order valence-electron chi connectivity index (χ3n) is 5.98. The second-order valence-electron chi connectivity index (χ2n) is 7.98. The van der Waals surface area contributed by atoms with Gasteiger partial charge in [-0.15, -0.1) is 0 Å². The second kappa shape index (κ2) is 7.50. The molecule has 3 nitrogen and oxygen atoms in total. The van der Waals surface area contributed by atoms with Gasteiger partial charge < -0.3 is 0 Å². The molecule has 5 rings (SSSR count). The van der Waals surface area contributed by atoms with E-state index in [0.717, 1.165) is 27.8 Å². The van der Waals surface area contributed by atoms with Crippen LogP contribution in [0.25, 0.3) is 10.9 Å². The van der Waals surface area contributed by atoms with Gasteiger partial charge in [0.15, 0.2) is 0 Å². The van der Waals surface area contributed by atoms with Crippen molar-refractivity contribution in [1.29, 1.82) is 0 Å². The summed E-state index contributed by atoms with van der Waals surface area (Å²) in [6.45, 7) is 1.93. The highest BCUT2D eigenvalue weighted by atomic mass is 32.2. The molecule has 0 aliphatic heterocycles. The maximum Gasteiger partial charge on any atom is 0.268 e. The fourth-order valence-corrected chi connectivity index (χ4v) is 6.11. The van der Waals surface area contributed by atoms with E-state index in [4.69, 9.17) is 0 Å². The van der Waals surface area contributed by atoms with E-state index < -0.39 is 10.0 Å². The molecule has 0 spiro atoms. The monoisotopic (exact) mass is 431 g/mol. The van der Waals surface area contributed by atoms with E-state index in [1.54, 1.807) is 18.2 Å². The van der Waals surface area contributed by atoms with Crippen LogP contribution in [0.2, 0.25) is 0 Å². The number of halogens is 1. The third kappa shape index (κ3) is 3.29. The van der Waals surface area contributed by atoms with E-state index in [0.29, 0.717) is 18.4 Å². The Labute approximate surface area is 181 Å². The van der Waals surface area contributed by atoms with Gasteiger partial charge in [-0.25, -0.2) is 16.8 Å². The predicted molar refractivity (Wildman–Crippen MR) is 121 cm³/mol. The molecule has 0 N–H and O–H groups in total. The summed E-state index contributed by atoms with van der Waals surface area (Å²) in [5.74, 6) is -0.589. The average molecular weight is 432 g/mol. The van der Waals surface area contributed by atoms with Gasteiger partial charge in [0.05, 0.1) is 10.4 Å². The van der Waals surface area contributed by atoms with Gasteiger partial charge in [-0.3, -0.25) is 0 Å². The molecule has 5 heteroatoms. The number of allylic oxidation sites excluding steroid dienone is 2. The number of benzene rings is 3. The summed E-state index contributed by atoms with van der Waals surface area (Å²) < 4.78 is 43.4. The highest BCUT2D eigenvalue weighted by molar-refractivity contribution is 7.90. The van der Waals surface area contributed by atoms with E-state index in [-0.39, 0.29) is 16.6 Å².